The van der Waals surface area contributed by atoms with Crippen molar-refractivity contribution < 1.29 is 29.4 Å². The molecule has 3 amide bonds. The Morgan fingerprint density at radius 1 is 0.936 bits per heavy atom. The summed E-state index contributed by atoms with van der Waals surface area (Å²) in [6.07, 6.45) is 8.57. The third-order valence-electron chi connectivity index (χ3n) is 8.85. The Hall–Kier alpha value is -3.31. The van der Waals surface area contributed by atoms with Gasteiger partial charge in [-0.25, -0.2) is 4.98 Å². The molecular weight excluding hydrogens is 616 g/mol. The SMILES string of the molecule is Cc1ncsc1-c1ccc([C@H](C)NC(=O)[C@@H]2C[C@@H](O)CN2C(=O)[C@@H](NC(=O)CCCCCCCCCCCC(=O)O)C(C)(C)C)cc1. The predicted molar refractivity (Wildman–Crippen MR) is 185 cm³/mol. The van der Waals surface area contributed by atoms with Gasteiger partial charge in [0, 0.05) is 25.8 Å². The van der Waals surface area contributed by atoms with Crippen molar-refractivity contribution in [3.05, 3.63) is 41.0 Å². The summed E-state index contributed by atoms with van der Waals surface area (Å²) in [5.41, 5.74) is 4.19. The Kier molecular flexibility index (Phi) is 14.8. The second-order valence-corrected chi connectivity index (χ2v) is 14.8. The van der Waals surface area contributed by atoms with Crippen molar-refractivity contribution in [1.82, 2.24) is 20.5 Å². The molecule has 1 aromatic heterocycles. The van der Waals surface area contributed by atoms with Gasteiger partial charge in [-0.05, 0) is 43.2 Å². The molecular formula is C36H54N4O6S. The van der Waals surface area contributed by atoms with Gasteiger partial charge >= 0.3 is 5.97 Å². The normalized spacial score (nSPS) is 17.7. The van der Waals surface area contributed by atoms with Crippen LogP contribution < -0.4 is 10.6 Å². The molecule has 1 aliphatic heterocycles. The van der Waals surface area contributed by atoms with E-state index in [0.29, 0.717) is 6.42 Å². The molecule has 1 saturated heterocycles. The van der Waals surface area contributed by atoms with Gasteiger partial charge in [0.2, 0.25) is 17.7 Å². The molecule has 0 radical (unpaired) electrons. The van der Waals surface area contributed by atoms with Crippen LogP contribution in [0.5, 0.6) is 0 Å². The Bertz CT molecular complexity index is 1320. The lowest BCUT2D eigenvalue weighted by atomic mass is 9.85. The Labute approximate surface area is 283 Å². The monoisotopic (exact) mass is 670 g/mol. The van der Waals surface area contributed by atoms with Crippen molar-refractivity contribution >= 4 is 35.0 Å². The number of nitrogens with zero attached hydrogens (tertiary/aromatic N) is 2. The quantitative estimate of drug-likeness (QED) is 0.139. The maximum absolute atomic E-state index is 13.9. The zero-order chi connectivity index (χ0) is 34.6. The summed E-state index contributed by atoms with van der Waals surface area (Å²) in [6.45, 7) is 9.57. The lowest BCUT2D eigenvalue weighted by Crippen LogP contribution is -2.57. The van der Waals surface area contributed by atoms with Crippen LogP contribution in [0.4, 0.5) is 0 Å². The first-order chi connectivity index (χ1) is 22.3. The second kappa shape index (κ2) is 18.3. The van der Waals surface area contributed by atoms with Crippen LogP contribution in [0.2, 0.25) is 0 Å². The maximum Gasteiger partial charge on any atom is 0.303 e. The number of amides is 3. The molecule has 2 heterocycles. The first-order valence-electron chi connectivity index (χ1n) is 17.1. The minimum atomic E-state index is -0.836. The van der Waals surface area contributed by atoms with Gasteiger partial charge in [0.1, 0.15) is 12.1 Å². The van der Waals surface area contributed by atoms with E-state index in [0.717, 1.165) is 79.5 Å². The van der Waals surface area contributed by atoms with E-state index in [1.807, 2.05) is 64.4 Å². The van der Waals surface area contributed by atoms with Crippen molar-refractivity contribution in [3.8, 4) is 10.4 Å². The molecule has 3 rings (SSSR count). The van der Waals surface area contributed by atoms with E-state index in [1.165, 1.54) is 4.90 Å². The zero-order valence-electron chi connectivity index (χ0n) is 28.7. The number of aliphatic hydroxyl groups is 1. The highest BCUT2D eigenvalue weighted by Gasteiger charge is 2.44. The topological polar surface area (TPSA) is 149 Å². The largest absolute Gasteiger partial charge is 0.481 e. The summed E-state index contributed by atoms with van der Waals surface area (Å²) in [5.74, 6) is -1.62. The van der Waals surface area contributed by atoms with E-state index < -0.39 is 29.6 Å². The fraction of sp³-hybridized carbons (Fsp3) is 0.639. The molecule has 11 heteroatoms. The number of nitrogens with one attached hydrogen (secondary N) is 2. The highest BCUT2D eigenvalue weighted by molar-refractivity contribution is 7.13. The zero-order valence-corrected chi connectivity index (χ0v) is 29.5. The van der Waals surface area contributed by atoms with Crippen LogP contribution in [0.25, 0.3) is 10.4 Å². The smallest absolute Gasteiger partial charge is 0.303 e. The van der Waals surface area contributed by atoms with Crippen LogP contribution in [-0.2, 0) is 19.2 Å². The molecule has 10 nitrogen and oxygen atoms in total. The molecule has 0 aliphatic carbocycles. The number of likely N-dealkylation sites (tertiary alicyclic amines) is 1. The van der Waals surface area contributed by atoms with Crippen LogP contribution in [0.1, 0.15) is 122 Å². The van der Waals surface area contributed by atoms with Crippen LogP contribution in [0, 0.1) is 12.3 Å². The van der Waals surface area contributed by atoms with Crippen molar-refractivity contribution in [1.29, 1.82) is 0 Å². The summed E-state index contributed by atoms with van der Waals surface area (Å²) in [7, 11) is 0. The number of carbonyl (C=O) groups excluding carboxylic acids is 3. The number of unbranched alkanes of at least 4 members (excludes halogenated alkanes) is 8. The fourth-order valence-corrected chi connectivity index (χ4v) is 6.86. The number of carbonyl (C=O) groups is 4. The first-order valence-corrected chi connectivity index (χ1v) is 18.0. The number of aliphatic hydroxyl groups excluding tert-OH is 1. The van der Waals surface area contributed by atoms with Gasteiger partial charge in [-0.2, -0.15) is 0 Å². The molecule has 1 aromatic carbocycles. The van der Waals surface area contributed by atoms with E-state index in [1.54, 1.807) is 11.3 Å². The number of thiazole rings is 1. The van der Waals surface area contributed by atoms with E-state index in [9.17, 15) is 24.3 Å². The van der Waals surface area contributed by atoms with Gasteiger partial charge < -0.3 is 25.7 Å². The summed E-state index contributed by atoms with van der Waals surface area (Å²) in [5, 5.41) is 25.2. The Morgan fingerprint density at radius 2 is 1.51 bits per heavy atom. The highest BCUT2D eigenvalue weighted by Crippen LogP contribution is 2.29. The standard InChI is InChI=1S/C36H54N4O6S/c1-24(26-17-19-27(20-18-26)32-25(2)37-23-47-32)38-34(45)29-21-28(41)22-40(29)35(46)33(36(3,4)5)39-30(42)15-13-11-9-7-6-8-10-12-14-16-31(43)44/h17-20,23-24,28-29,33,41H,6-16,21-22H2,1-5H3,(H,38,45)(H,39,42)(H,43,44)/t24-,28+,29-,33+/m0/s1. The number of β-amino-alcohol motifs (C(OH)–C–C–N with tert-alkyl or cyclic N) is 1. The van der Waals surface area contributed by atoms with Crippen molar-refractivity contribution in [2.24, 2.45) is 5.41 Å². The third-order valence-corrected chi connectivity index (χ3v) is 9.83. The number of hydrogen-bond donors (Lipinski definition) is 4. The molecule has 0 unspecified atom stereocenters. The van der Waals surface area contributed by atoms with Gasteiger partial charge in [-0.3, -0.25) is 19.2 Å². The number of carboxylic acids is 1. The number of aliphatic carboxylic acids is 1. The predicted octanol–water partition coefficient (Wildman–Crippen LogP) is 6.16. The van der Waals surface area contributed by atoms with Crippen LogP contribution in [0.15, 0.2) is 29.8 Å². The number of carboxylic acid groups (broad SMARTS) is 1. The summed E-state index contributed by atoms with van der Waals surface area (Å²) >= 11 is 1.58. The molecule has 1 fully saturated rings. The second-order valence-electron chi connectivity index (χ2n) is 14.0. The summed E-state index contributed by atoms with van der Waals surface area (Å²) < 4.78 is 0. The fourth-order valence-electron chi connectivity index (χ4n) is 6.05. The number of benzene rings is 1. The lowest BCUT2D eigenvalue weighted by molar-refractivity contribution is -0.144. The summed E-state index contributed by atoms with van der Waals surface area (Å²) in [6, 6.07) is 6.00. The van der Waals surface area contributed by atoms with Gasteiger partial charge in [0.05, 0.1) is 28.2 Å². The Balaban J connectivity index is 1.49. The van der Waals surface area contributed by atoms with Crippen molar-refractivity contribution in [3.63, 3.8) is 0 Å². The van der Waals surface area contributed by atoms with Crippen LogP contribution in [0.3, 0.4) is 0 Å². The molecule has 2 aromatic rings. The summed E-state index contributed by atoms with van der Waals surface area (Å²) in [4.78, 5) is 57.8. The molecule has 0 saturated carbocycles. The van der Waals surface area contributed by atoms with Gasteiger partial charge in [0.15, 0.2) is 0 Å². The third kappa shape index (κ3) is 12.0. The average Bonchev–Trinajstić information content (AvgIpc) is 3.62. The van der Waals surface area contributed by atoms with E-state index >= 15 is 0 Å². The van der Waals surface area contributed by atoms with Crippen LogP contribution in [-0.4, -0.2) is 68.5 Å². The first kappa shape index (κ1) is 38.1. The minimum absolute atomic E-state index is 0.0379. The minimum Gasteiger partial charge on any atom is -0.481 e. The maximum atomic E-state index is 13.9. The number of hydrogen-bond acceptors (Lipinski definition) is 7. The van der Waals surface area contributed by atoms with Gasteiger partial charge in [-0.1, -0.05) is 90.0 Å². The molecule has 4 atom stereocenters. The molecule has 260 valence electrons. The Morgan fingerprint density at radius 3 is 2.04 bits per heavy atom. The van der Waals surface area contributed by atoms with E-state index in [-0.39, 0.29) is 43.1 Å². The van der Waals surface area contributed by atoms with E-state index in [2.05, 4.69) is 15.6 Å². The van der Waals surface area contributed by atoms with Gasteiger partial charge in [-0.15, -0.1) is 11.3 Å². The lowest BCUT2D eigenvalue weighted by Gasteiger charge is -2.35. The van der Waals surface area contributed by atoms with E-state index in [4.69, 9.17) is 5.11 Å². The molecule has 0 bridgehead atoms. The molecule has 4 N–H and O–H groups in total. The number of aryl methyl sites for hydroxylation is 1. The van der Waals surface area contributed by atoms with Crippen molar-refractivity contribution in [2.75, 3.05) is 6.54 Å². The van der Waals surface area contributed by atoms with Crippen LogP contribution >= 0.6 is 11.3 Å². The molecule has 0 spiro atoms. The molecule has 1 aliphatic rings. The highest BCUT2D eigenvalue weighted by atomic mass is 32.1. The number of rotatable bonds is 18. The van der Waals surface area contributed by atoms with Gasteiger partial charge in [0.25, 0.3) is 0 Å². The average molecular weight is 671 g/mol. The number of aromatic nitrogens is 1. The molecule has 47 heavy (non-hydrogen) atoms. The van der Waals surface area contributed by atoms with Crippen molar-refractivity contribution in [2.45, 2.75) is 136 Å².